The highest BCUT2D eigenvalue weighted by molar-refractivity contribution is 7.89. The molecule has 1 aromatic carbocycles. The number of aryl methyl sites for hydroxylation is 1. The van der Waals surface area contributed by atoms with Crippen LogP contribution in [-0.4, -0.2) is 14.5 Å². The van der Waals surface area contributed by atoms with Gasteiger partial charge in [-0.1, -0.05) is 63.1 Å². The molecule has 1 aromatic rings. The molecule has 4 heteroatoms. The largest absolute Gasteiger partial charge is 0.240 e. The normalized spacial score (nSPS) is 25.7. The summed E-state index contributed by atoms with van der Waals surface area (Å²) in [7, 11) is -3.42. The van der Waals surface area contributed by atoms with Crippen molar-refractivity contribution in [2.75, 3.05) is 0 Å². The van der Waals surface area contributed by atoms with E-state index in [1.807, 2.05) is 19.1 Å². The minimum Gasteiger partial charge on any atom is -0.208 e. The maximum absolute atomic E-state index is 12.9. The predicted molar refractivity (Wildman–Crippen MR) is 103 cm³/mol. The van der Waals surface area contributed by atoms with E-state index in [2.05, 4.69) is 11.6 Å². The zero-order valence-electron chi connectivity index (χ0n) is 15.7. The summed E-state index contributed by atoms with van der Waals surface area (Å²) in [4.78, 5) is 0.407. The van der Waals surface area contributed by atoms with Gasteiger partial charge in [-0.05, 0) is 56.1 Å². The zero-order valence-corrected chi connectivity index (χ0v) is 16.5. The van der Waals surface area contributed by atoms with Gasteiger partial charge in [0.2, 0.25) is 10.0 Å². The van der Waals surface area contributed by atoms with Crippen LogP contribution in [0.5, 0.6) is 0 Å². The second-order valence-electron chi connectivity index (χ2n) is 8.16. The molecule has 2 aliphatic rings. The van der Waals surface area contributed by atoms with E-state index in [1.54, 1.807) is 12.1 Å². The molecule has 3 atom stereocenters. The Hall–Kier alpha value is -0.870. The van der Waals surface area contributed by atoms with Crippen LogP contribution in [0.3, 0.4) is 0 Å². The van der Waals surface area contributed by atoms with E-state index >= 15 is 0 Å². The zero-order chi connectivity index (χ0) is 17.9. The molecule has 0 saturated heterocycles. The number of benzene rings is 1. The van der Waals surface area contributed by atoms with Gasteiger partial charge in [0, 0.05) is 6.04 Å². The van der Waals surface area contributed by atoms with Gasteiger partial charge in [0.1, 0.15) is 0 Å². The molecule has 140 valence electrons. The second-order valence-corrected chi connectivity index (χ2v) is 9.87. The van der Waals surface area contributed by atoms with Crippen molar-refractivity contribution in [2.45, 2.75) is 82.6 Å². The van der Waals surface area contributed by atoms with Crippen molar-refractivity contribution < 1.29 is 8.42 Å². The molecule has 2 aliphatic carbocycles. The molecule has 0 spiro atoms. The summed E-state index contributed by atoms with van der Waals surface area (Å²) in [5, 5.41) is 0. The summed E-state index contributed by atoms with van der Waals surface area (Å²) in [5.74, 6) is 1.80. The van der Waals surface area contributed by atoms with Gasteiger partial charge in [0.05, 0.1) is 4.90 Å². The van der Waals surface area contributed by atoms with Crippen molar-refractivity contribution in [3.8, 4) is 0 Å². The summed E-state index contributed by atoms with van der Waals surface area (Å²) in [6.07, 6.45) is 11.1. The van der Waals surface area contributed by atoms with Crippen LogP contribution in [0.4, 0.5) is 0 Å². The van der Waals surface area contributed by atoms with Crippen LogP contribution in [0.2, 0.25) is 0 Å². The molecule has 25 heavy (non-hydrogen) atoms. The van der Waals surface area contributed by atoms with Crippen molar-refractivity contribution in [3.63, 3.8) is 0 Å². The maximum atomic E-state index is 12.9. The van der Waals surface area contributed by atoms with Crippen molar-refractivity contribution >= 4 is 10.0 Å². The molecular formula is C21H33NO2S. The lowest BCUT2D eigenvalue weighted by Gasteiger charge is -2.31. The Morgan fingerprint density at radius 3 is 2.44 bits per heavy atom. The standard InChI is InChI=1S/C21H33NO2S/c1-3-4-8-18-15-20(18)21(17-9-6-5-7-10-17)22-25(23,24)19-13-11-16(2)12-14-19/h11-14,17-18,20-22H,3-10,15H2,1-2H3. The highest BCUT2D eigenvalue weighted by Crippen LogP contribution is 2.48. The number of hydrogen-bond donors (Lipinski definition) is 1. The molecule has 0 amide bonds. The van der Waals surface area contributed by atoms with Gasteiger partial charge in [-0.15, -0.1) is 0 Å². The molecule has 0 aliphatic heterocycles. The van der Waals surface area contributed by atoms with Crippen LogP contribution < -0.4 is 4.72 Å². The molecule has 0 bridgehead atoms. The first-order valence-corrected chi connectivity index (χ1v) is 11.6. The van der Waals surface area contributed by atoms with Crippen LogP contribution in [0.15, 0.2) is 29.2 Å². The lowest BCUT2D eigenvalue weighted by molar-refractivity contribution is 0.262. The quantitative estimate of drug-likeness (QED) is 0.702. The van der Waals surface area contributed by atoms with E-state index in [0.29, 0.717) is 16.7 Å². The van der Waals surface area contributed by atoms with Crippen LogP contribution in [-0.2, 0) is 10.0 Å². The maximum Gasteiger partial charge on any atom is 0.240 e. The summed E-state index contributed by atoms with van der Waals surface area (Å²) < 4.78 is 29.0. The molecule has 3 nitrogen and oxygen atoms in total. The topological polar surface area (TPSA) is 46.2 Å². The van der Waals surface area contributed by atoms with E-state index in [0.717, 1.165) is 11.5 Å². The van der Waals surface area contributed by atoms with Crippen LogP contribution in [0, 0.1) is 24.7 Å². The average Bonchev–Trinajstić information content (AvgIpc) is 3.38. The van der Waals surface area contributed by atoms with Crippen LogP contribution >= 0.6 is 0 Å². The Kier molecular flexibility index (Phi) is 6.21. The summed E-state index contributed by atoms with van der Waals surface area (Å²) in [6.45, 7) is 4.22. The van der Waals surface area contributed by atoms with Crippen LogP contribution in [0.1, 0.15) is 70.3 Å². The first-order chi connectivity index (χ1) is 12.0. The third-order valence-corrected chi connectivity index (χ3v) is 7.62. The highest BCUT2D eigenvalue weighted by Gasteiger charge is 2.46. The Morgan fingerprint density at radius 1 is 1.12 bits per heavy atom. The first-order valence-electron chi connectivity index (χ1n) is 10.1. The first kappa shape index (κ1) is 18.9. The fourth-order valence-electron chi connectivity index (χ4n) is 4.50. The molecule has 1 N–H and O–H groups in total. The Bertz CT molecular complexity index is 647. The molecule has 0 radical (unpaired) electrons. The summed E-state index contributed by atoms with van der Waals surface area (Å²) >= 11 is 0. The van der Waals surface area contributed by atoms with Crippen molar-refractivity contribution in [1.29, 1.82) is 0 Å². The molecule has 3 rings (SSSR count). The van der Waals surface area contributed by atoms with Gasteiger partial charge in [0.25, 0.3) is 0 Å². The van der Waals surface area contributed by atoms with Gasteiger partial charge < -0.3 is 0 Å². The smallest absolute Gasteiger partial charge is 0.208 e. The fourth-order valence-corrected chi connectivity index (χ4v) is 5.86. The third-order valence-electron chi connectivity index (χ3n) is 6.15. The minimum absolute atomic E-state index is 0.133. The minimum atomic E-state index is -3.42. The Labute approximate surface area is 153 Å². The number of nitrogens with one attached hydrogen (secondary N) is 1. The van der Waals surface area contributed by atoms with Crippen molar-refractivity contribution in [1.82, 2.24) is 4.72 Å². The summed E-state index contributed by atoms with van der Waals surface area (Å²) in [5.41, 5.74) is 1.09. The van der Waals surface area contributed by atoms with Crippen molar-refractivity contribution in [2.24, 2.45) is 17.8 Å². The number of unbranched alkanes of at least 4 members (excludes halogenated alkanes) is 1. The van der Waals surface area contributed by atoms with E-state index in [1.165, 1.54) is 57.8 Å². The molecule has 2 fully saturated rings. The Balaban J connectivity index is 1.74. The highest BCUT2D eigenvalue weighted by atomic mass is 32.2. The SMILES string of the molecule is CCCCC1CC1C(NS(=O)(=O)c1ccc(C)cc1)C1CCCCC1. The average molecular weight is 364 g/mol. The number of sulfonamides is 1. The predicted octanol–water partition coefficient (Wildman–Crippen LogP) is 5.05. The van der Waals surface area contributed by atoms with E-state index in [9.17, 15) is 8.42 Å². The van der Waals surface area contributed by atoms with Gasteiger partial charge in [-0.25, -0.2) is 13.1 Å². The van der Waals surface area contributed by atoms with Gasteiger partial charge in [-0.2, -0.15) is 0 Å². The number of hydrogen-bond acceptors (Lipinski definition) is 2. The van der Waals surface area contributed by atoms with Gasteiger partial charge in [0.15, 0.2) is 0 Å². The molecule has 0 aromatic heterocycles. The van der Waals surface area contributed by atoms with Gasteiger partial charge in [-0.3, -0.25) is 0 Å². The van der Waals surface area contributed by atoms with E-state index in [-0.39, 0.29) is 6.04 Å². The monoisotopic (exact) mass is 363 g/mol. The van der Waals surface area contributed by atoms with Gasteiger partial charge >= 0.3 is 0 Å². The summed E-state index contributed by atoms with van der Waals surface area (Å²) in [6, 6.07) is 7.36. The molecule has 0 heterocycles. The van der Waals surface area contributed by atoms with Crippen molar-refractivity contribution in [3.05, 3.63) is 29.8 Å². The lowest BCUT2D eigenvalue weighted by Crippen LogP contribution is -2.43. The molecular weight excluding hydrogens is 330 g/mol. The fraction of sp³-hybridized carbons (Fsp3) is 0.714. The lowest BCUT2D eigenvalue weighted by atomic mass is 9.82. The molecule has 3 unspecified atom stereocenters. The Morgan fingerprint density at radius 2 is 1.80 bits per heavy atom. The van der Waals surface area contributed by atoms with E-state index < -0.39 is 10.0 Å². The van der Waals surface area contributed by atoms with E-state index in [4.69, 9.17) is 0 Å². The number of rotatable bonds is 8. The second kappa shape index (κ2) is 8.22. The van der Waals surface area contributed by atoms with Crippen LogP contribution in [0.25, 0.3) is 0 Å². The molecule has 2 saturated carbocycles. The third kappa shape index (κ3) is 4.85.